The van der Waals surface area contributed by atoms with Crippen molar-refractivity contribution in [2.24, 2.45) is 16.6 Å². The van der Waals surface area contributed by atoms with Crippen molar-refractivity contribution >= 4 is 11.5 Å². The van der Waals surface area contributed by atoms with Crippen molar-refractivity contribution < 1.29 is 0 Å². The van der Waals surface area contributed by atoms with E-state index in [1.165, 1.54) is 30.4 Å². The Bertz CT molecular complexity index is 392. The third kappa shape index (κ3) is 2.20. The second-order valence-electron chi connectivity index (χ2n) is 4.50. The molecule has 2 N–H and O–H groups in total. The quantitative estimate of drug-likeness (QED) is 0.581. The Morgan fingerprint density at radius 1 is 1.27 bits per heavy atom. The molecule has 0 fully saturated rings. The van der Waals surface area contributed by atoms with Gasteiger partial charge in [-0.05, 0) is 42.5 Å². The molecular weight excluding hydrogens is 184 g/mol. The van der Waals surface area contributed by atoms with Gasteiger partial charge in [-0.25, -0.2) is 4.99 Å². The van der Waals surface area contributed by atoms with E-state index >= 15 is 0 Å². The lowest BCUT2D eigenvalue weighted by Crippen LogP contribution is -2.18. The van der Waals surface area contributed by atoms with Crippen molar-refractivity contribution in [1.29, 1.82) is 0 Å². The van der Waals surface area contributed by atoms with Crippen LogP contribution in [0.1, 0.15) is 31.4 Å². The number of aliphatic imine (C=N–C) groups is 1. The lowest BCUT2D eigenvalue weighted by Gasteiger charge is -2.05. The summed E-state index contributed by atoms with van der Waals surface area (Å²) in [4.78, 5) is 4.43. The number of rotatable bonds is 2. The van der Waals surface area contributed by atoms with Gasteiger partial charge in [0.1, 0.15) is 5.84 Å². The van der Waals surface area contributed by atoms with Gasteiger partial charge >= 0.3 is 0 Å². The van der Waals surface area contributed by atoms with Crippen molar-refractivity contribution in [3.8, 4) is 0 Å². The smallest absolute Gasteiger partial charge is 0.102 e. The summed E-state index contributed by atoms with van der Waals surface area (Å²) >= 11 is 0. The van der Waals surface area contributed by atoms with E-state index in [1.807, 2.05) is 0 Å². The van der Waals surface area contributed by atoms with E-state index in [0.29, 0.717) is 11.8 Å². The summed E-state index contributed by atoms with van der Waals surface area (Å²) in [5, 5.41) is 0. The highest BCUT2D eigenvalue weighted by Crippen LogP contribution is 2.26. The number of aryl methyl sites for hydroxylation is 2. The van der Waals surface area contributed by atoms with E-state index in [1.54, 1.807) is 0 Å². The maximum Gasteiger partial charge on any atom is 0.102 e. The summed E-state index contributed by atoms with van der Waals surface area (Å²) in [6.07, 6.45) is 3.70. The summed E-state index contributed by atoms with van der Waals surface area (Å²) in [6.45, 7) is 4.12. The van der Waals surface area contributed by atoms with Gasteiger partial charge < -0.3 is 5.73 Å². The second-order valence-corrected chi connectivity index (χ2v) is 4.50. The summed E-state index contributed by atoms with van der Waals surface area (Å²) in [5.41, 5.74) is 9.78. The third-order valence-electron chi connectivity index (χ3n) is 2.93. The van der Waals surface area contributed by atoms with Gasteiger partial charge in [0.05, 0.1) is 5.69 Å². The molecule has 2 nitrogen and oxygen atoms in total. The molecule has 0 heterocycles. The molecule has 1 aliphatic carbocycles. The maximum atomic E-state index is 5.84. The molecule has 0 bridgehead atoms. The SMILES string of the molecule is CC(C)C(N)=Nc1ccc2c(c1)CCC2. The molecule has 0 aromatic heterocycles. The number of amidine groups is 1. The number of fused-ring (bicyclic) bond motifs is 1. The highest BCUT2D eigenvalue weighted by Gasteiger charge is 2.10. The minimum atomic E-state index is 0.318. The molecule has 0 radical (unpaired) electrons. The van der Waals surface area contributed by atoms with Crippen LogP contribution in [-0.4, -0.2) is 5.84 Å². The van der Waals surface area contributed by atoms with Crippen LogP contribution >= 0.6 is 0 Å². The zero-order chi connectivity index (χ0) is 10.8. The molecule has 1 aliphatic rings. The van der Waals surface area contributed by atoms with E-state index in [4.69, 9.17) is 5.73 Å². The fraction of sp³-hybridized carbons (Fsp3) is 0.462. The van der Waals surface area contributed by atoms with Crippen molar-refractivity contribution in [2.75, 3.05) is 0 Å². The molecule has 0 saturated heterocycles. The molecule has 15 heavy (non-hydrogen) atoms. The van der Waals surface area contributed by atoms with Crippen molar-refractivity contribution in [2.45, 2.75) is 33.1 Å². The van der Waals surface area contributed by atoms with Crippen LogP contribution in [0.25, 0.3) is 0 Å². The van der Waals surface area contributed by atoms with Crippen LogP contribution in [-0.2, 0) is 12.8 Å². The number of hydrogen-bond acceptors (Lipinski definition) is 1. The summed E-state index contributed by atoms with van der Waals surface area (Å²) in [6, 6.07) is 6.44. The van der Waals surface area contributed by atoms with Gasteiger partial charge in [-0.15, -0.1) is 0 Å². The Labute approximate surface area is 91.2 Å². The second kappa shape index (κ2) is 4.05. The molecule has 0 spiro atoms. The first-order valence-corrected chi connectivity index (χ1v) is 5.62. The minimum Gasteiger partial charge on any atom is -0.387 e. The Kier molecular flexibility index (Phi) is 2.76. The number of nitrogens with two attached hydrogens (primary N) is 1. The van der Waals surface area contributed by atoms with Crippen LogP contribution in [0.15, 0.2) is 23.2 Å². The van der Waals surface area contributed by atoms with Gasteiger partial charge in [0.25, 0.3) is 0 Å². The maximum absolute atomic E-state index is 5.84. The van der Waals surface area contributed by atoms with Gasteiger partial charge in [-0.3, -0.25) is 0 Å². The summed E-state index contributed by atoms with van der Waals surface area (Å²) < 4.78 is 0. The predicted molar refractivity (Wildman–Crippen MR) is 64.6 cm³/mol. The summed E-state index contributed by atoms with van der Waals surface area (Å²) in [7, 11) is 0. The van der Waals surface area contributed by atoms with Crippen LogP contribution in [0.2, 0.25) is 0 Å². The van der Waals surface area contributed by atoms with Gasteiger partial charge in [-0.1, -0.05) is 19.9 Å². The lowest BCUT2D eigenvalue weighted by molar-refractivity contribution is 0.873. The molecule has 0 amide bonds. The topological polar surface area (TPSA) is 38.4 Å². The molecule has 0 unspecified atom stereocenters. The third-order valence-corrected chi connectivity index (χ3v) is 2.93. The average molecular weight is 202 g/mol. The standard InChI is InChI=1S/C13H18N2/c1-9(2)13(14)15-12-7-6-10-4-3-5-11(10)8-12/h6-9H,3-5H2,1-2H3,(H2,14,15). The Morgan fingerprint density at radius 2 is 2.00 bits per heavy atom. The van der Waals surface area contributed by atoms with Gasteiger partial charge in [0, 0.05) is 5.92 Å². The van der Waals surface area contributed by atoms with Crippen molar-refractivity contribution in [3.63, 3.8) is 0 Å². The number of hydrogen-bond donors (Lipinski definition) is 1. The van der Waals surface area contributed by atoms with Crippen molar-refractivity contribution in [3.05, 3.63) is 29.3 Å². The fourth-order valence-electron chi connectivity index (χ4n) is 1.91. The van der Waals surface area contributed by atoms with Crippen molar-refractivity contribution in [1.82, 2.24) is 0 Å². The van der Waals surface area contributed by atoms with E-state index < -0.39 is 0 Å². The highest BCUT2D eigenvalue weighted by molar-refractivity contribution is 5.84. The average Bonchev–Trinajstić information content (AvgIpc) is 2.64. The monoisotopic (exact) mass is 202 g/mol. The molecule has 0 atom stereocenters. The molecular formula is C13H18N2. The molecule has 2 rings (SSSR count). The molecule has 0 saturated carbocycles. The lowest BCUT2D eigenvalue weighted by atomic mass is 10.1. The van der Waals surface area contributed by atoms with Gasteiger partial charge in [-0.2, -0.15) is 0 Å². The Hall–Kier alpha value is -1.31. The molecule has 0 aliphatic heterocycles. The predicted octanol–water partition coefficient (Wildman–Crippen LogP) is 2.82. The molecule has 1 aromatic rings. The first-order chi connectivity index (χ1) is 7.16. The van der Waals surface area contributed by atoms with Crippen LogP contribution in [0.5, 0.6) is 0 Å². The Morgan fingerprint density at radius 3 is 2.73 bits per heavy atom. The number of nitrogens with zero attached hydrogens (tertiary/aromatic N) is 1. The Balaban J connectivity index is 2.27. The zero-order valence-electron chi connectivity index (χ0n) is 9.46. The highest BCUT2D eigenvalue weighted by atomic mass is 14.9. The first kappa shape index (κ1) is 10.2. The normalized spacial score (nSPS) is 15.8. The molecule has 1 aromatic carbocycles. The van der Waals surface area contributed by atoms with Crippen LogP contribution in [0.3, 0.4) is 0 Å². The minimum absolute atomic E-state index is 0.318. The zero-order valence-corrected chi connectivity index (χ0v) is 9.46. The molecule has 2 heteroatoms. The van der Waals surface area contributed by atoms with E-state index in [9.17, 15) is 0 Å². The van der Waals surface area contributed by atoms with Gasteiger partial charge in [0.2, 0.25) is 0 Å². The van der Waals surface area contributed by atoms with E-state index in [0.717, 1.165) is 5.69 Å². The van der Waals surface area contributed by atoms with E-state index in [2.05, 4.69) is 37.0 Å². The van der Waals surface area contributed by atoms with E-state index in [-0.39, 0.29) is 0 Å². The number of benzene rings is 1. The molecule has 80 valence electrons. The fourth-order valence-corrected chi connectivity index (χ4v) is 1.91. The van der Waals surface area contributed by atoms with Gasteiger partial charge in [0.15, 0.2) is 0 Å². The van der Waals surface area contributed by atoms with Crippen LogP contribution in [0, 0.1) is 5.92 Å². The van der Waals surface area contributed by atoms with Crippen LogP contribution < -0.4 is 5.73 Å². The van der Waals surface area contributed by atoms with Crippen LogP contribution in [0.4, 0.5) is 5.69 Å². The largest absolute Gasteiger partial charge is 0.387 e. The summed E-state index contributed by atoms with van der Waals surface area (Å²) in [5.74, 6) is 1.03. The first-order valence-electron chi connectivity index (χ1n) is 5.62.